The Hall–Kier alpha value is -1.43. The highest BCUT2D eigenvalue weighted by atomic mass is 16.5. The number of hydrogen-bond acceptors (Lipinski definition) is 4. The van der Waals surface area contributed by atoms with Crippen molar-refractivity contribution in [3.05, 3.63) is 35.4 Å². The van der Waals surface area contributed by atoms with Gasteiger partial charge >= 0.3 is 5.97 Å². The topological polar surface area (TPSA) is 59.0 Å². The van der Waals surface area contributed by atoms with E-state index in [2.05, 4.69) is 4.90 Å². The van der Waals surface area contributed by atoms with Crippen LogP contribution in [0.5, 0.6) is 0 Å². The molecule has 0 radical (unpaired) electrons. The molecular formula is C21H29NO4. The zero-order chi connectivity index (χ0) is 18.1. The zero-order valence-electron chi connectivity index (χ0n) is 15.5. The van der Waals surface area contributed by atoms with Crippen LogP contribution in [-0.4, -0.2) is 54.0 Å². The van der Waals surface area contributed by atoms with E-state index in [1.807, 2.05) is 19.2 Å². The molecule has 0 amide bonds. The fourth-order valence-corrected chi connectivity index (χ4v) is 4.64. The number of likely N-dealkylation sites (tertiary alicyclic amines) is 1. The van der Waals surface area contributed by atoms with Crippen molar-refractivity contribution < 1.29 is 19.4 Å². The first-order valence-corrected chi connectivity index (χ1v) is 9.83. The number of methoxy groups -OCH3 is 1. The zero-order valence-corrected chi connectivity index (χ0v) is 15.5. The van der Waals surface area contributed by atoms with Crippen molar-refractivity contribution in [3.8, 4) is 0 Å². The Balaban J connectivity index is 1.42. The van der Waals surface area contributed by atoms with Gasteiger partial charge < -0.3 is 14.6 Å². The molecule has 3 atom stereocenters. The summed E-state index contributed by atoms with van der Waals surface area (Å²) in [7, 11) is 1.85. The maximum Gasteiger partial charge on any atom is 0.335 e. The summed E-state index contributed by atoms with van der Waals surface area (Å²) in [5, 5.41) is 9.06. The lowest BCUT2D eigenvalue weighted by atomic mass is 9.79. The standard InChI is InChI=1S/C21H29NO4/c1-25-21-9-8-18(26-14-16-2-3-16)12-19(21)22(11-10-21)13-15-4-6-17(7-5-15)20(23)24/h4-7,16,18-19H,2-3,8-14H2,1H3,(H,23,24)/t18-,19-,21+/m0/s1. The number of carbonyl (C=O) groups is 1. The average molecular weight is 359 g/mol. The molecule has 1 aromatic rings. The van der Waals surface area contributed by atoms with Gasteiger partial charge in [-0.05, 0) is 62.1 Å². The molecule has 26 heavy (non-hydrogen) atoms. The minimum absolute atomic E-state index is 0.0412. The van der Waals surface area contributed by atoms with Crippen molar-refractivity contribution in [1.82, 2.24) is 4.90 Å². The summed E-state index contributed by atoms with van der Waals surface area (Å²) in [5.41, 5.74) is 1.45. The average Bonchev–Trinajstić information content (AvgIpc) is 3.42. The second-order valence-corrected chi connectivity index (χ2v) is 8.18. The number of benzene rings is 1. The fourth-order valence-electron chi connectivity index (χ4n) is 4.64. The quantitative estimate of drug-likeness (QED) is 0.809. The summed E-state index contributed by atoms with van der Waals surface area (Å²) >= 11 is 0. The van der Waals surface area contributed by atoms with Crippen LogP contribution in [0.25, 0.3) is 0 Å². The highest BCUT2D eigenvalue weighted by Crippen LogP contribution is 2.44. The minimum Gasteiger partial charge on any atom is -0.478 e. The highest BCUT2D eigenvalue weighted by molar-refractivity contribution is 5.87. The van der Waals surface area contributed by atoms with Gasteiger partial charge in [0.1, 0.15) is 0 Å². The summed E-state index contributed by atoms with van der Waals surface area (Å²) in [4.78, 5) is 13.5. The van der Waals surface area contributed by atoms with Crippen molar-refractivity contribution >= 4 is 5.97 Å². The van der Waals surface area contributed by atoms with E-state index in [4.69, 9.17) is 14.6 Å². The number of hydrogen-bond donors (Lipinski definition) is 1. The van der Waals surface area contributed by atoms with Crippen LogP contribution in [0.15, 0.2) is 24.3 Å². The molecule has 0 bridgehead atoms. The van der Waals surface area contributed by atoms with Gasteiger partial charge in [0.25, 0.3) is 0 Å². The summed E-state index contributed by atoms with van der Waals surface area (Å²) in [6.07, 6.45) is 7.27. The lowest BCUT2D eigenvalue weighted by Crippen LogP contribution is -2.51. The molecular weight excluding hydrogens is 330 g/mol. The minimum atomic E-state index is -0.876. The van der Waals surface area contributed by atoms with Gasteiger partial charge in [-0.25, -0.2) is 4.79 Å². The molecule has 0 unspecified atom stereocenters. The molecule has 0 aromatic heterocycles. The van der Waals surface area contributed by atoms with Crippen LogP contribution in [-0.2, 0) is 16.0 Å². The third kappa shape index (κ3) is 3.66. The first-order valence-electron chi connectivity index (χ1n) is 9.83. The normalized spacial score (nSPS) is 31.7. The molecule has 1 N–H and O–H groups in total. The molecule has 0 spiro atoms. The molecule has 142 valence electrons. The lowest BCUT2D eigenvalue weighted by molar-refractivity contribution is -0.103. The van der Waals surface area contributed by atoms with Crippen LogP contribution in [0.3, 0.4) is 0 Å². The van der Waals surface area contributed by atoms with Crippen molar-refractivity contribution in [1.29, 1.82) is 0 Å². The van der Waals surface area contributed by atoms with Gasteiger partial charge in [-0.2, -0.15) is 0 Å². The third-order valence-corrected chi connectivity index (χ3v) is 6.50. The van der Waals surface area contributed by atoms with Crippen molar-refractivity contribution in [2.45, 2.75) is 62.8 Å². The number of rotatable bonds is 7. The van der Waals surface area contributed by atoms with Gasteiger partial charge in [0.15, 0.2) is 0 Å². The number of ether oxygens (including phenoxy) is 2. The molecule has 2 saturated carbocycles. The van der Waals surface area contributed by atoms with Crippen molar-refractivity contribution in [2.75, 3.05) is 20.3 Å². The molecule has 4 rings (SSSR count). The molecule has 1 heterocycles. The van der Waals surface area contributed by atoms with E-state index in [0.29, 0.717) is 17.7 Å². The number of carboxylic acids is 1. The maximum absolute atomic E-state index is 11.0. The fraction of sp³-hybridized carbons (Fsp3) is 0.667. The van der Waals surface area contributed by atoms with E-state index in [-0.39, 0.29) is 5.60 Å². The summed E-state index contributed by atoms with van der Waals surface area (Å²) in [5.74, 6) is -0.0735. The van der Waals surface area contributed by atoms with Gasteiger partial charge in [-0.3, -0.25) is 4.90 Å². The van der Waals surface area contributed by atoms with Crippen LogP contribution >= 0.6 is 0 Å². The first kappa shape index (κ1) is 18.0. The van der Waals surface area contributed by atoms with Gasteiger partial charge in [-0.1, -0.05) is 12.1 Å². The van der Waals surface area contributed by atoms with Gasteiger partial charge in [-0.15, -0.1) is 0 Å². The SMILES string of the molecule is CO[C@@]12CC[C@H](OCC3CC3)C[C@@H]1N(Cc1ccc(C(=O)O)cc1)CC2. The Bertz CT molecular complexity index is 642. The largest absolute Gasteiger partial charge is 0.478 e. The predicted molar refractivity (Wildman–Crippen MR) is 98.3 cm³/mol. The molecule has 1 saturated heterocycles. The second kappa shape index (κ2) is 7.29. The van der Waals surface area contributed by atoms with Gasteiger partial charge in [0, 0.05) is 32.8 Å². The Labute approximate surface area is 155 Å². The van der Waals surface area contributed by atoms with Crippen LogP contribution in [0, 0.1) is 5.92 Å². The number of carboxylic acid groups (broad SMARTS) is 1. The second-order valence-electron chi connectivity index (χ2n) is 8.18. The van der Waals surface area contributed by atoms with Crippen LogP contribution in [0.1, 0.15) is 54.4 Å². The number of aromatic carboxylic acids is 1. The lowest BCUT2D eigenvalue weighted by Gasteiger charge is -2.43. The number of fused-ring (bicyclic) bond motifs is 1. The van der Waals surface area contributed by atoms with Gasteiger partial charge in [0.2, 0.25) is 0 Å². The molecule has 1 aromatic carbocycles. The molecule has 3 aliphatic rings. The first-order chi connectivity index (χ1) is 12.6. The van der Waals surface area contributed by atoms with E-state index in [1.165, 1.54) is 12.8 Å². The van der Waals surface area contributed by atoms with Crippen molar-refractivity contribution in [2.24, 2.45) is 5.92 Å². The Morgan fingerprint density at radius 1 is 1.23 bits per heavy atom. The van der Waals surface area contributed by atoms with E-state index in [9.17, 15) is 4.79 Å². The molecule has 5 nitrogen and oxygen atoms in total. The van der Waals surface area contributed by atoms with E-state index in [0.717, 1.165) is 56.9 Å². The maximum atomic E-state index is 11.0. The predicted octanol–water partition coefficient (Wildman–Crippen LogP) is 3.32. The van der Waals surface area contributed by atoms with E-state index >= 15 is 0 Å². The number of nitrogens with zero attached hydrogens (tertiary/aromatic N) is 1. The van der Waals surface area contributed by atoms with E-state index < -0.39 is 5.97 Å². The third-order valence-electron chi connectivity index (χ3n) is 6.50. The van der Waals surface area contributed by atoms with Gasteiger partial charge in [0.05, 0.1) is 17.3 Å². The van der Waals surface area contributed by atoms with Crippen molar-refractivity contribution in [3.63, 3.8) is 0 Å². The molecule has 1 aliphatic heterocycles. The monoisotopic (exact) mass is 359 g/mol. The van der Waals surface area contributed by atoms with E-state index in [1.54, 1.807) is 12.1 Å². The summed E-state index contributed by atoms with van der Waals surface area (Å²) < 4.78 is 12.2. The van der Waals surface area contributed by atoms with Crippen LogP contribution < -0.4 is 0 Å². The summed E-state index contributed by atoms with van der Waals surface area (Å²) in [6.45, 7) is 2.79. The molecule has 2 aliphatic carbocycles. The molecule has 3 fully saturated rings. The highest BCUT2D eigenvalue weighted by Gasteiger charge is 2.51. The van der Waals surface area contributed by atoms with Crippen LogP contribution in [0.4, 0.5) is 0 Å². The molecule has 5 heteroatoms. The Morgan fingerprint density at radius 3 is 2.65 bits per heavy atom. The van der Waals surface area contributed by atoms with Crippen LogP contribution in [0.2, 0.25) is 0 Å². The smallest absolute Gasteiger partial charge is 0.335 e. The Kier molecular flexibility index (Phi) is 5.04. The Morgan fingerprint density at radius 2 is 2.00 bits per heavy atom. The summed E-state index contributed by atoms with van der Waals surface area (Å²) in [6, 6.07) is 7.63.